The molecule has 114 valence electrons. The van der Waals surface area contributed by atoms with Crippen LogP contribution in [0.3, 0.4) is 0 Å². The molecule has 1 aliphatic heterocycles. The van der Waals surface area contributed by atoms with E-state index >= 15 is 0 Å². The summed E-state index contributed by atoms with van der Waals surface area (Å²) in [4.78, 5) is 24.0. The van der Waals surface area contributed by atoms with Gasteiger partial charge in [0.2, 0.25) is 5.91 Å². The van der Waals surface area contributed by atoms with Crippen LogP contribution >= 0.6 is 0 Å². The zero-order valence-corrected chi connectivity index (χ0v) is 12.8. The van der Waals surface area contributed by atoms with Gasteiger partial charge in [-0.25, -0.2) is 4.79 Å². The van der Waals surface area contributed by atoms with Crippen LogP contribution in [0.4, 0.5) is 5.69 Å². The number of amides is 1. The molecule has 1 saturated heterocycles. The number of hydrogen-bond acceptors (Lipinski definition) is 4. The van der Waals surface area contributed by atoms with Crippen LogP contribution in [0.5, 0.6) is 0 Å². The predicted octanol–water partition coefficient (Wildman–Crippen LogP) is 2.11. The van der Waals surface area contributed by atoms with Gasteiger partial charge < -0.3 is 15.4 Å². The summed E-state index contributed by atoms with van der Waals surface area (Å²) in [5.41, 5.74) is 1.75. The first-order chi connectivity index (χ1) is 10.0. The van der Waals surface area contributed by atoms with E-state index in [1.165, 1.54) is 7.11 Å². The van der Waals surface area contributed by atoms with Crippen molar-refractivity contribution in [2.75, 3.05) is 25.5 Å². The number of methoxy groups -OCH3 is 1. The SMILES string of the molecule is CCC1(C(=O)Nc2ccc(C(=O)OC)cc2C)CCNC1. The lowest BCUT2D eigenvalue weighted by Crippen LogP contribution is -2.37. The zero-order chi connectivity index (χ0) is 15.5. The first-order valence-electron chi connectivity index (χ1n) is 7.23. The van der Waals surface area contributed by atoms with Crippen LogP contribution in [0.1, 0.15) is 35.7 Å². The molecular formula is C16H22N2O3. The summed E-state index contributed by atoms with van der Waals surface area (Å²) in [7, 11) is 1.35. The van der Waals surface area contributed by atoms with Crippen LogP contribution in [-0.4, -0.2) is 32.1 Å². The molecular weight excluding hydrogens is 268 g/mol. The minimum Gasteiger partial charge on any atom is -0.465 e. The van der Waals surface area contributed by atoms with Gasteiger partial charge in [-0.15, -0.1) is 0 Å². The molecule has 1 unspecified atom stereocenters. The Morgan fingerprint density at radius 2 is 2.19 bits per heavy atom. The van der Waals surface area contributed by atoms with Gasteiger partial charge in [-0.2, -0.15) is 0 Å². The molecule has 21 heavy (non-hydrogen) atoms. The molecule has 0 radical (unpaired) electrons. The number of benzene rings is 1. The van der Waals surface area contributed by atoms with Crippen molar-refractivity contribution < 1.29 is 14.3 Å². The molecule has 1 aliphatic rings. The number of esters is 1. The maximum atomic E-state index is 12.6. The molecule has 0 aromatic heterocycles. The third-order valence-electron chi connectivity index (χ3n) is 4.30. The van der Waals surface area contributed by atoms with Crippen LogP contribution in [0.2, 0.25) is 0 Å². The highest BCUT2D eigenvalue weighted by molar-refractivity contribution is 5.97. The second-order valence-corrected chi connectivity index (χ2v) is 5.54. The zero-order valence-electron chi connectivity index (χ0n) is 12.8. The van der Waals surface area contributed by atoms with Crippen LogP contribution in [0, 0.1) is 12.3 Å². The van der Waals surface area contributed by atoms with E-state index in [4.69, 9.17) is 4.74 Å². The van der Waals surface area contributed by atoms with E-state index in [0.29, 0.717) is 12.1 Å². The van der Waals surface area contributed by atoms with Gasteiger partial charge in [0.25, 0.3) is 0 Å². The molecule has 0 aliphatic carbocycles. The van der Waals surface area contributed by atoms with Crippen molar-refractivity contribution in [2.45, 2.75) is 26.7 Å². The smallest absolute Gasteiger partial charge is 0.337 e. The fourth-order valence-electron chi connectivity index (χ4n) is 2.70. The van der Waals surface area contributed by atoms with E-state index < -0.39 is 0 Å². The van der Waals surface area contributed by atoms with Gasteiger partial charge in [-0.05, 0) is 50.1 Å². The van der Waals surface area contributed by atoms with Crippen molar-refractivity contribution in [3.05, 3.63) is 29.3 Å². The van der Waals surface area contributed by atoms with Crippen molar-refractivity contribution in [1.82, 2.24) is 5.32 Å². The summed E-state index contributed by atoms with van der Waals surface area (Å²) in [6.07, 6.45) is 1.67. The van der Waals surface area contributed by atoms with Gasteiger partial charge in [0.15, 0.2) is 0 Å². The average Bonchev–Trinajstić information content (AvgIpc) is 2.98. The lowest BCUT2D eigenvalue weighted by Gasteiger charge is -2.25. The molecule has 1 amide bonds. The van der Waals surface area contributed by atoms with E-state index in [1.54, 1.807) is 18.2 Å². The number of anilines is 1. The van der Waals surface area contributed by atoms with Gasteiger partial charge in [-0.3, -0.25) is 4.79 Å². The van der Waals surface area contributed by atoms with Crippen molar-refractivity contribution >= 4 is 17.6 Å². The number of hydrogen-bond donors (Lipinski definition) is 2. The minimum atomic E-state index is -0.374. The molecule has 0 spiro atoms. The number of ether oxygens (including phenoxy) is 1. The summed E-state index contributed by atoms with van der Waals surface area (Å²) in [6, 6.07) is 5.15. The van der Waals surface area contributed by atoms with E-state index in [0.717, 1.165) is 30.6 Å². The summed E-state index contributed by atoms with van der Waals surface area (Å²) < 4.78 is 4.69. The van der Waals surface area contributed by atoms with Crippen LogP contribution in [-0.2, 0) is 9.53 Å². The summed E-state index contributed by atoms with van der Waals surface area (Å²) in [5.74, 6) is -0.329. The fourth-order valence-corrected chi connectivity index (χ4v) is 2.70. The summed E-state index contributed by atoms with van der Waals surface area (Å²) in [6.45, 7) is 5.50. The van der Waals surface area contributed by atoms with Gasteiger partial charge >= 0.3 is 5.97 Å². The second-order valence-electron chi connectivity index (χ2n) is 5.54. The Morgan fingerprint density at radius 3 is 2.71 bits per heavy atom. The number of aryl methyl sites for hydroxylation is 1. The largest absolute Gasteiger partial charge is 0.465 e. The molecule has 0 saturated carbocycles. The van der Waals surface area contributed by atoms with Crippen LogP contribution in [0.15, 0.2) is 18.2 Å². The normalized spacial score (nSPS) is 21.1. The second kappa shape index (κ2) is 6.26. The molecule has 1 aromatic rings. The average molecular weight is 290 g/mol. The van der Waals surface area contributed by atoms with E-state index in [2.05, 4.69) is 10.6 Å². The van der Waals surface area contributed by atoms with Crippen molar-refractivity contribution in [2.24, 2.45) is 5.41 Å². The molecule has 1 aromatic carbocycles. The Morgan fingerprint density at radius 1 is 1.43 bits per heavy atom. The Balaban J connectivity index is 2.16. The highest BCUT2D eigenvalue weighted by atomic mass is 16.5. The van der Waals surface area contributed by atoms with Gasteiger partial charge in [0, 0.05) is 12.2 Å². The summed E-state index contributed by atoms with van der Waals surface area (Å²) in [5, 5.41) is 6.25. The van der Waals surface area contributed by atoms with E-state index in [1.807, 2.05) is 13.8 Å². The fraction of sp³-hybridized carbons (Fsp3) is 0.500. The third-order valence-corrected chi connectivity index (χ3v) is 4.30. The number of carbonyl (C=O) groups excluding carboxylic acids is 2. The number of carbonyl (C=O) groups is 2. The Labute approximate surface area is 125 Å². The topological polar surface area (TPSA) is 67.4 Å². The lowest BCUT2D eigenvalue weighted by atomic mass is 9.83. The maximum absolute atomic E-state index is 12.6. The number of rotatable bonds is 4. The minimum absolute atomic E-state index is 0.0453. The molecule has 5 heteroatoms. The van der Waals surface area contributed by atoms with E-state index in [-0.39, 0.29) is 17.3 Å². The highest BCUT2D eigenvalue weighted by Crippen LogP contribution is 2.31. The molecule has 5 nitrogen and oxygen atoms in total. The van der Waals surface area contributed by atoms with Crippen LogP contribution in [0.25, 0.3) is 0 Å². The van der Waals surface area contributed by atoms with Crippen molar-refractivity contribution in [3.63, 3.8) is 0 Å². The third kappa shape index (κ3) is 3.08. The van der Waals surface area contributed by atoms with Crippen molar-refractivity contribution in [3.8, 4) is 0 Å². The lowest BCUT2D eigenvalue weighted by molar-refractivity contribution is -0.124. The molecule has 1 atom stereocenters. The van der Waals surface area contributed by atoms with E-state index in [9.17, 15) is 9.59 Å². The molecule has 2 N–H and O–H groups in total. The van der Waals surface area contributed by atoms with Crippen molar-refractivity contribution in [1.29, 1.82) is 0 Å². The first-order valence-corrected chi connectivity index (χ1v) is 7.23. The molecule has 0 bridgehead atoms. The Bertz CT molecular complexity index is 548. The molecule has 1 heterocycles. The van der Waals surface area contributed by atoms with Crippen LogP contribution < -0.4 is 10.6 Å². The molecule has 1 fully saturated rings. The van der Waals surface area contributed by atoms with Gasteiger partial charge in [-0.1, -0.05) is 6.92 Å². The number of nitrogens with one attached hydrogen (secondary N) is 2. The quantitative estimate of drug-likeness (QED) is 0.833. The highest BCUT2D eigenvalue weighted by Gasteiger charge is 2.39. The Hall–Kier alpha value is -1.88. The van der Waals surface area contributed by atoms with Gasteiger partial charge in [0.05, 0.1) is 18.1 Å². The van der Waals surface area contributed by atoms with Gasteiger partial charge in [0.1, 0.15) is 0 Å². The standard InChI is InChI=1S/C16H22N2O3/c1-4-16(7-8-17-10-16)15(20)18-13-6-5-12(9-11(13)2)14(19)21-3/h5-6,9,17H,4,7-8,10H2,1-3H3,(H,18,20). The predicted molar refractivity (Wildman–Crippen MR) is 81.4 cm³/mol. The summed E-state index contributed by atoms with van der Waals surface area (Å²) >= 11 is 0. The Kier molecular flexibility index (Phi) is 4.63. The maximum Gasteiger partial charge on any atom is 0.337 e. The monoisotopic (exact) mass is 290 g/mol. The first kappa shape index (κ1) is 15.5. The molecule has 2 rings (SSSR count).